The summed E-state index contributed by atoms with van der Waals surface area (Å²) in [7, 11) is 3.65. The third-order valence-electron chi connectivity index (χ3n) is 5.03. The summed E-state index contributed by atoms with van der Waals surface area (Å²) in [5.74, 6) is 0.446. The second-order valence-electron chi connectivity index (χ2n) is 7.16. The van der Waals surface area contributed by atoms with Crippen LogP contribution in [0.5, 0.6) is 5.75 Å². The zero-order valence-electron chi connectivity index (χ0n) is 17.0. The first kappa shape index (κ1) is 22.0. The standard InChI is InChI=1S/C22H27ClN2O3S/c1-4-11-24(2)12-13-25-18-10-7-16(23)14-19(18)29-21(20(26)22(25)27)15-5-8-17(28-3)9-6-15/h5-10,14,20-21,26H,4,11-13H2,1-3H3/t20-,21+/m0/s1. The van der Waals surface area contributed by atoms with E-state index in [-0.39, 0.29) is 5.91 Å². The Morgan fingerprint density at radius 1 is 1.21 bits per heavy atom. The number of hydrogen-bond acceptors (Lipinski definition) is 5. The van der Waals surface area contributed by atoms with Gasteiger partial charge in [-0.15, -0.1) is 11.8 Å². The minimum Gasteiger partial charge on any atom is -0.497 e. The largest absolute Gasteiger partial charge is 0.497 e. The molecule has 1 amide bonds. The molecule has 1 heterocycles. The number of carbonyl (C=O) groups is 1. The first-order valence-corrected chi connectivity index (χ1v) is 11.0. The fourth-order valence-corrected chi connectivity index (χ4v) is 5.00. The average Bonchev–Trinajstić information content (AvgIpc) is 2.82. The van der Waals surface area contributed by atoms with E-state index < -0.39 is 11.4 Å². The molecular formula is C22H27ClN2O3S. The Hall–Kier alpha value is -1.73. The fourth-order valence-electron chi connectivity index (χ4n) is 3.45. The van der Waals surface area contributed by atoms with Crippen molar-refractivity contribution >= 4 is 35.0 Å². The average molecular weight is 435 g/mol. The summed E-state index contributed by atoms with van der Waals surface area (Å²) in [4.78, 5) is 18.0. The van der Waals surface area contributed by atoms with Crippen molar-refractivity contribution in [2.75, 3.05) is 38.7 Å². The van der Waals surface area contributed by atoms with Crippen molar-refractivity contribution in [1.29, 1.82) is 0 Å². The number of amides is 1. The molecule has 1 aliphatic rings. The van der Waals surface area contributed by atoms with E-state index in [0.717, 1.165) is 41.4 Å². The van der Waals surface area contributed by atoms with Gasteiger partial charge in [0.15, 0.2) is 0 Å². The van der Waals surface area contributed by atoms with Gasteiger partial charge in [-0.3, -0.25) is 4.79 Å². The molecule has 29 heavy (non-hydrogen) atoms. The van der Waals surface area contributed by atoms with E-state index in [1.54, 1.807) is 18.1 Å². The summed E-state index contributed by atoms with van der Waals surface area (Å²) in [5, 5.41) is 11.2. The lowest BCUT2D eigenvalue weighted by molar-refractivity contribution is -0.126. The Bertz CT molecular complexity index is 846. The summed E-state index contributed by atoms with van der Waals surface area (Å²) in [6, 6.07) is 13.0. The number of fused-ring (bicyclic) bond motifs is 1. The molecule has 2 atom stereocenters. The molecule has 2 aromatic rings. The van der Waals surface area contributed by atoms with E-state index in [1.165, 1.54) is 11.8 Å². The predicted octanol–water partition coefficient (Wildman–Crippen LogP) is 4.23. The molecule has 0 spiro atoms. The van der Waals surface area contributed by atoms with Gasteiger partial charge in [0, 0.05) is 23.0 Å². The lowest BCUT2D eigenvalue weighted by Gasteiger charge is -2.27. The Labute approximate surface area is 181 Å². The van der Waals surface area contributed by atoms with Crippen LogP contribution >= 0.6 is 23.4 Å². The van der Waals surface area contributed by atoms with Crippen LogP contribution in [0.25, 0.3) is 0 Å². The molecule has 5 nitrogen and oxygen atoms in total. The molecule has 0 saturated heterocycles. The summed E-state index contributed by atoms with van der Waals surface area (Å²) >= 11 is 7.72. The molecular weight excluding hydrogens is 408 g/mol. The predicted molar refractivity (Wildman–Crippen MR) is 119 cm³/mol. The highest BCUT2D eigenvalue weighted by Crippen LogP contribution is 2.46. The minimum absolute atomic E-state index is 0.288. The van der Waals surface area contributed by atoms with Crippen LogP contribution in [0.3, 0.4) is 0 Å². The van der Waals surface area contributed by atoms with Crippen molar-refractivity contribution in [3.8, 4) is 5.75 Å². The number of methoxy groups -OCH3 is 1. The van der Waals surface area contributed by atoms with Gasteiger partial charge in [0.05, 0.1) is 18.0 Å². The van der Waals surface area contributed by atoms with Crippen molar-refractivity contribution in [3.05, 3.63) is 53.1 Å². The monoisotopic (exact) mass is 434 g/mol. The number of halogens is 1. The van der Waals surface area contributed by atoms with Gasteiger partial charge >= 0.3 is 0 Å². The number of benzene rings is 2. The number of aliphatic hydroxyl groups is 1. The molecule has 0 radical (unpaired) electrons. The highest BCUT2D eigenvalue weighted by Gasteiger charge is 2.37. The van der Waals surface area contributed by atoms with E-state index in [0.29, 0.717) is 11.6 Å². The topological polar surface area (TPSA) is 53.0 Å². The highest BCUT2D eigenvalue weighted by molar-refractivity contribution is 7.99. The van der Waals surface area contributed by atoms with Gasteiger partial charge in [-0.05, 0) is 55.9 Å². The lowest BCUT2D eigenvalue weighted by Crippen LogP contribution is -2.43. The van der Waals surface area contributed by atoms with Crippen molar-refractivity contribution in [2.45, 2.75) is 29.6 Å². The van der Waals surface area contributed by atoms with E-state index in [9.17, 15) is 9.90 Å². The maximum Gasteiger partial charge on any atom is 0.257 e. The molecule has 0 bridgehead atoms. The van der Waals surface area contributed by atoms with Crippen molar-refractivity contribution in [1.82, 2.24) is 4.90 Å². The SMILES string of the molecule is CCCN(C)CCN1C(=O)[C@@H](O)[C@@H](c2ccc(OC)cc2)Sc2cc(Cl)ccc21. The number of anilines is 1. The smallest absolute Gasteiger partial charge is 0.257 e. The van der Waals surface area contributed by atoms with Gasteiger partial charge in [0.25, 0.3) is 5.91 Å². The van der Waals surface area contributed by atoms with Crippen LogP contribution < -0.4 is 9.64 Å². The highest BCUT2D eigenvalue weighted by atomic mass is 35.5. The number of ether oxygens (including phenoxy) is 1. The summed E-state index contributed by atoms with van der Waals surface area (Å²) in [6.07, 6.45) is -0.106. The van der Waals surface area contributed by atoms with Crippen LogP contribution in [-0.2, 0) is 4.79 Å². The van der Waals surface area contributed by atoms with Crippen LogP contribution in [0.2, 0.25) is 5.02 Å². The maximum absolute atomic E-state index is 13.3. The van der Waals surface area contributed by atoms with E-state index in [1.807, 2.05) is 43.4 Å². The zero-order valence-corrected chi connectivity index (χ0v) is 18.5. The van der Waals surface area contributed by atoms with Crippen molar-refractivity contribution < 1.29 is 14.6 Å². The quantitative estimate of drug-likeness (QED) is 0.706. The fraction of sp³-hybridized carbons (Fsp3) is 0.409. The number of rotatable bonds is 7. The van der Waals surface area contributed by atoms with Crippen LogP contribution in [0.15, 0.2) is 47.4 Å². The number of carbonyl (C=O) groups excluding carboxylic acids is 1. The molecule has 0 saturated carbocycles. The molecule has 1 aliphatic heterocycles. The van der Waals surface area contributed by atoms with Gasteiger partial charge in [0.1, 0.15) is 11.9 Å². The van der Waals surface area contributed by atoms with Crippen LogP contribution in [0.4, 0.5) is 5.69 Å². The van der Waals surface area contributed by atoms with Gasteiger partial charge in [-0.25, -0.2) is 0 Å². The molecule has 0 aromatic heterocycles. The molecule has 0 fully saturated rings. The summed E-state index contributed by atoms with van der Waals surface area (Å²) < 4.78 is 5.23. The van der Waals surface area contributed by atoms with Gasteiger partial charge in [0.2, 0.25) is 0 Å². The molecule has 0 unspecified atom stereocenters. The molecule has 156 valence electrons. The van der Waals surface area contributed by atoms with Crippen molar-refractivity contribution in [2.24, 2.45) is 0 Å². The summed E-state index contributed by atoms with van der Waals surface area (Å²) in [6.45, 7) is 4.33. The normalized spacial score (nSPS) is 19.2. The first-order valence-electron chi connectivity index (χ1n) is 9.72. The van der Waals surface area contributed by atoms with Crippen LogP contribution in [0.1, 0.15) is 24.2 Å². The number of thioether (sulfide) groups is 1. The first-order chi connectivity index (χ1) is 13.9. The minimum atomic E-state index is -1.16. The number of aliphatic hydroxyl groups excluding tert-OH is 1. The van der Waals surface area contributed by atoms with Crippen molar-refractivity contribution in [3.63, 3.8) is 0 Å². The second-order valence-corrected chi connectivity index (χ2v) is 8.78. The Balaban J connectivity index is 1.94. The molecule has 2 aromatic carbocycles. The van der Waals surface area contributed by atoms with Gasteiger partial charge < -0.3 is 19.6 Å². The Morgan fingerprint density at radius 2 is 1.93 bits per heavy atom. The molecule has 7 heteroatoms. The zero-order chi connectivity index (χ0) is 21.0. The van der Waals surface area contributed by atoms with E-state index >= 15 is 0 Å². The maximum atomic E-state index is 13.3. The van der Waals surface area contributed by atoms with E-state index in [2.05, 4.69) is 11.8 Å². The van der Waals surface area contributed by atoms with Gasteiger partial charge in [-0.2, -0.15) is 0 Å². The molecule has 1 N–H and O–H groups in total. The second kappa shape index (κ2) is 9.85. The number of nitrogens with zero attached hydrogens (tertiary/aromatic N) is 2. The Morgan fingerprint density at radius 3 is 2.59 bits per heavy atom. The number of hydrogen-bond donors (Lipinski definition) is 1. The third-order valence-corrected chi connectivity index (χ3v) is 6.63. The molecule has 0 aliphatic carbocycles. The van der Waals surface area contributed by atoms with Crippen LogP contribution in [0, 0.1) is 0 Å². The van der Waals surface area contributed by atoms with Gasteiger partial charge in [-0.1, -0.05) is 30.7 Å². The van der Waals surface area contributed by atoms with E-state index in [4.69, 9.17) is 16.3 Å². The molecule has 3 rings (SSSR count). The van der Waals surface area contributed by atoms with Crippen LogP contribution in [-0.4, -0.2) is 55.8 Å². The Kier molecular flexibility index (Phi) is 7.46. The lowest BCUT2D eigenvalue weighted by atomic mass is 10.1. The summed E-state index contributed by atoms with van der Waals surface area (Å²) in [5.41, 5.74) is 1.66. The number of likely N-dealkylation sites (N-methyl/N-ethyl adjacent to an activating group) is 1. The third kappa shape index (κ3) is 5.07.